The van der Waals surface area contributed by atoms with Crippen LogP contribution in [0.3, 0.4) is 0 Å². The van der Waals surface area contributed by atoms with E-state index in [0.29, 0.717) is 0 Å². The van der Waals surface area contributed by atoms with Gasteiger partial charge in [0.25, 0.3) is 0 Å². The third kappa shape index (κ3) is 5.28. The minimum Gasteiger partial charge on any atom is -0.468 e. The number of rotatable bonds is 7. The van der Waals surface area contributed by atoms with Crippen LogP contribution >= 0.6 is 11.8 Å². The van der Waals surface area contributed by atoms with Crippen molar-refractivity contribution in [1.29, 1.82) is 0 Å². The summed E-state index contributed by atoms with van der Waals surface area (Å²) in [5, 5.41) is 3.54. The van der Waals surface area contributed by atoms with Gasteiger partial charge in [-0.05, 0) is 32.4 Å². The Morgan fingerprint density at radius 2 is 2.27 bits per heavy atom. The fourth-order valence-corrected chi connectivity index (χ4v) is 1.91. The number of hydrogen-bond acceptors (Lipinski definition) is 3. The maximum absolute atomic E-state index is 5.26. The molecule has 86 valence electrons. The zero-order valence-corrected chi connectivity index (χ0v) is 10.7. The first-order valence-corrected chi connectivity index (χ1v) is 6.64. The average molecular weight is 227 g/mol. The first kappa shape index (κ1) is 12.7. The van der Waals surface area contributed by atoms with E-state index in [1.165, 1.54) is 0 Å². The predicted octanol–water partition coefficient (Wildman–Crippen LogP) is 3.29. The van der Waals surface area contributed by atoms with E-state index in [9.17, 15) is 0 Å². The predicted molar refractivity (Wildman–Crippen MR) is 67.2 cm³/mol. The number of nitrogens with one attached hydrogen (secondary N) is 1. The first-order valence-electron chi connectivity index (χ1n) is 5.49. The first-order chi connectivity index (χ1) is 7.14. The molecule has 0 saturated carbocycles. The van der Waals surface area contributed by atoms with Crippen LogP contribution in [0.25, 0.3) is 0 Å². The molecule has 0 amide bonds. The van der Waals surface area contributed by atoms with Gasteiger partial charge in [-0.2, -0.15) is 11.8 Å². The third-order valence-electron chi connectivity index (χ3n) is 2.56. The van der Waals surface area contributed by atoms with Gasteiger partial charge in [0.1, 0.15) is 5.76 Å². The van der Waals surface area contributed by atoms with Crippen molar-refractivity contribution in [2.24, 2.45) is 0 Å². The molecule has 0 saturated heterocycles. The summed E-state index contributed by atoms with van der Waals surface area (Å²) in [5.41, 5.74) is 0.269. The molecule has 0 fully saturated rings. The van der Waals surface area contributed by atoms with Crippen LogP contribution in [0, 0.1) is 0 Å². The minimum atomic E-state index is 0.269. The second-order valence-electron chi connectivity index (χ2n) is 4.30. The molecule has 0 aliphatic rings. The van der Waals surface area contributed by atoms with Gasteiger partial charge in [-0.15, -0.1) is 0 Å². The molecular weight excluding hydrogens is 206 g/mol. The fraction of sp³-hybridized carbons (Fsp3) is 0.667. The molecule has 0 bridgehead atoms. The summed E-state index contributed by atoms with van der Waals surface area (Å²) in [6.07, 6.45) is 2.89. The Morgan fingerprint density at radius 1 is 1.47 bits per heavy atom. The molecule has 1 rings (SSSR count). The van der Waals surface area contributed by atoms with Gasteiger partial charge in [0.05, 0.1) is 12.0 Å². The summed E-state index contributed by atoms with van der Waals surface area (Å²) in [5.74, 6) is 3.17. The Morgan fingerprint density at radius 3 is 2.87 bits per heavy atom. The maximum atomic E-state index is 5.26. The number of thioether (sulfide) groups is 1. The van der Waals surface area contributed by atoms with E-state index in [1.54, 1.807) is 6.26 Å². The van der Waals surface area contributed by atoms with Crippen molar-refractivity contribution in [1.82, 2.24) is 5.32 Å². The molecule has 3 heteroatoms. The minimum absolute atomic E-state index is 0.269. The van der Waals surface area contributed by atoms with Gasteiger partial charge < -0.3 is 9.73 Å². The maximum Gasteiger partial charge on any atom is 0.113 e. The van der Waals surface area contributed by atoms with Gasteiger partial charge in [-0.1, -0.05) is 6.92 Å². The molecule has 1 aromatic rings. The SMILES string of the molecule is CCC(C)(C)NCCSCc1ccco1. The highest BCUT2D eigenvalue weighted by atomic mass is 32.2. The number of hydrogen-bond donors (Lipinski definition) is 1. The molecule has 1 aromatic heterocycles. The molecule has 0 radical (unpaired) electrons. The highest BCUT2D eigenvalue weighted by Gasteiger charge is 2.12. The van der Waals surface area contributed by atoms with Crippen LogP contribution in [-0.4, -0.2) is 17.8 Å². The molecule has 0 aromatic carbocycles. The van der Waals surface area contributed by atoms with Crippen LogP contribution in [0.1, 0.15) is 33.0 Å². The van der Waals surface area contributed by atoms with E-state index in [-0.39, 0.29) is 5.54 Å². The Kier molecular flexibility index (Phi) is 5.26. The van der Waals surface area contributed by atoms with Crippen molar-refractivity contribution in [2.45, 2.75) is 38.5 Å². The van der Waals surface area contributed by atoms with E-state index >= 15 is 0 Å². The van der Waals surface area contributed by atoms with Gasteiger partial charge in [0.2, 0.25) is 0 Å². The van der Waals surface area contributed by atoms with Crippen molar-refractivity contribution in [2.75, 3.05) is 12.3 Å². The summed E-state index contributed by atoms with van der Waals surface area (Å²) in [4.78, 5) is 0. The monoisotopic (exact) mass is 227 g/mol. The quantitative estimate of drug-likeness (QED) is 0.724. The van der Waals surface area contributed by atoms with E-state index in [0.717, 1.165) is 30.2 Å². The lowest BCUT2D eigenvalue weighted by atomic mass is 10.0. The van der Waals surface area contributed by atoms with E-state index < -0.39 is 0 Å². The molecule has 0 aliphatic heterocycles. The van der Waals surface area contributed by atoms with Crippen LogP contribution in [-0.2, 0) is 5.75 Å². The summed E-state index contributed by atoms with van der Waals surface area (Å²) >= 11 is 1.91. The largest absolute Gasteiger partial charge is 0.468 e. The van der Waals surface area contributed by atoms with E-state index in [1.807, 2.05) is 23.9 Å². The van der Waals surface area contributed by atoms with Crippen LogP contribution < -0.4 is 5.32 Å². The van der Waals surface area contributed by atoms with Crippen molar-refractivity contribution in [3.63, 3.8) is 0 Å². The highest BCUT2D eigenvalue weighted by Crippen LogP contribution is 2.12. The second kappa shape index (κ2) is 6.23. The van der Waals surface area contributed by atoms with Gasteiger partial charge in [0, 0.05) is 17.8 Å². The van der Waals surface area contributed by atoms with E-state index in [2.05, 4.69) is 26.1 Å². The third-order valence-corrected chi connectivity index (χ3v) is 3.54. The lowest BCUT2D eigenvalue weighted by Gasteiger charge is -2.24. The van der Waals surface area contributed by atoms with Crippen molar-refractivity contribution in [3.05, 3.63) is 24.2 Å². The van der Waals surface area contributed by atoms with Gasteiger partial charge >= 0.3 is 0 Å². The molecule has 1 heterocycles. The second-order valence-corrected chi connectivity index (χ2v) is 5.40. The fourth-order valence-electron chi connectivity index (χ4n) is 1.15. The lowest BCUT2D eigenvalue weighted by molar-refractivity contribution is 0.388. The normalized spacial score (nSPS) is 11.9. The van der Waals surface area contributed by atoms with Gasteiger partial charge in [-0.25, -0.2) is 0 Å². The van der Waals surface area contributed by atoms with Crippen LogP contribution in [0.5, 0.6) is 0 Å². The van der Waals surface area contributed by atoms with Crippen LogP contribution in [0.15, 0.2) is 22.8 Å². The molecule has 0 aliphatic carbocycles. The van der Waals surface area contributed by atoms with Crippen molar-refractivity contribution in [3.8, 4) is 0 Å². The lowest BCUT2D eigenvalue weighted by Crippen LogP contribution is -2.39. The molecule has 0 atom stereocenters. The van der Waals surface area contributed by atoms with Gasteiger partial charge in [0.15, 0.2) is 0 Å². The Balaban J connectivity index is 2.03. The molecular formula is C12H21NOS. The molecule has 0 spiro atoms. The Hall–Kier alpha value is -0.410. The summed E-state index contributed by atoms with van der Waals surface area (Å²) < 4.78 is 5.26. The smallest absolute Gasteiger partial charge is 0.113 e. The molecule has 2 nitrogen and oxygen atoms in total. The summed E-state index contributed by atoms with van der Waals surface area (Å²) in [6.45, 7) is 7.75. The Labute approximate surface area is 96.8 Å². The average Bonchev–Trinajstić information content (AvgIpc) is 2.70. The molecule has 1 N–H and O–H groups in total. The number of furan rings is 1. The van der Waals surface area contributed by atoms with Crippen molar-refractivity contribution < 1.29 is 4.42 Å². The topological polar surface area (TPSA) is 25.2 Å². The molecule has 15 heavy (non-hydrogen) atoms. The van der Waals surface area contributed by atoms with Gasteiger partial charge in [-0.3, -0.25) is 0 Å². The standard InChI is InChI=1S/C12H21NOS/c1-4-12(2,3)13-7-9-15-10-11-6-5-8-14-11/h5-6,8,13H,4,7,9-10H2,1-3H3. The zero-order valence-electron chi connectivity index (χ0n) is 9.88. The zero-order chi connectivity index (χ0) is 11.1. The Bertz CT molecular complexity index is 257. The van der Waals surface area contributed by atoms with E-state index in [4.69, 9.17) is 4.42 Å². The molecule has 0 unspecified atom stereocenters. The highest BCUT2D eigenvalue weighted by molar-refractivity contribution is 7.98. The summed E-state index contributed by atoms with van der Waals surface area (Å²) in [6, 6.07) is 3.96. The van der Waals surface area contributed by atoms with Crippen molar-refractivity contribution >= 4 is 11.8 Å². The van der Waals surface area contributed by atoms with Crippen LogP contribution in [0.4, 0.5) is 0 Å². The summed E-state index contributed by atoms with van der Waals surface area (Å²) in [7, 11) is 0. The van der Waals surface area contributed by atoms with Crippen LogP contribution in [0.2, 0.25) is 0 Å².